The standard InChI is InChI=1S/C54H76N6S/c1-32-20-23-46-40(26-32)41-27-33(2)21-24-47(41)60(46)49-30-48(59-44-17-9-6-14-37(44)38-15-7-10-18-45(38)59)36(31-55)29-43(49)54-57-52(34-12-4-3-5-13-34)56-53(58-54)35-22-25-51-42(28-35)39-16-8-11-19-50(39)61-51/h8-9,11-12,16-17,26,33,35-38,41-45,47-54,56-58H,3-7,10,13-15,18-25,27-30H2,1-2H3. The number of thioether (sulfide) groups is 1. The summed E-state index contributed by atoms with van der Waals surface area (Å²) in [5.74, 6) is 4.83. The Bertz CT molecular complexity index is 1920. The van der Waals surface area contributed by atoms with Crippen molar-refractivity contribution >= 4 is 11.8 Å². The van der Waals surface area contributed by atoms with E-state index in [-0.39, 0.29) is 24.4 Å². The van der Waals surface area contributed by atoms with Gasteiger partial charge in [-0.3, -0.25) is 20.9 Å². The summed E-state index contributed by atoms with van der Waals surface area (Å²) >= 11 is 2.30. The number of nitrogens with zero attached hydrogens (tertiary/aromatic N) is 3. The quantitative estimate of drug-likeness (QED) is 0.238. The van der Waals surface area contributed by atoms with Gasteiger partial charge >= 0.3 is 0 Å². The van der Waals surface area contributed by atoms with Crippen LogP contribution in [0, 0.1) is 58.7 Å². The molecule has 6 nitrogen and oxygen atoms in total. The molecule has 18 unspecified atom stereocenters. The van der Waals surface area contributed by atoms with Crippen molar-refractivity contribution in [1.29, 1.82) is 5.26 Å². The van der Waals surface area contributed by atoms with E-state index in [0.29, 0.717) is 53.2 Å². The van der Waals surface area contributed by atoms with Crippen LogP contribution in [0.1, 0.15) is 149 Å². The first-order valence-corrected chi connectivity index (χ1v) is 27.0. The van der Waals surface area contributed by atoms with E-state index >= 15 is 0 Å². The van der Waals surface area contributed by atoms with Crippen molar-refractivity contribution < 1.29 is 0 Å². The second kappa shape index (κ2) is 16.7. The van der Waals surface area contributed by atoms with Crippen LogP contribution in [-0.2, 0) is 0 Å². The Morgan fingerprint density at radius 3 is 2.57 bits per heavy atom. The van der Waals surface area contributed by atoms with Gasteiger partial charge < -0.3 is 4.90 Å². The van der Waals surface area contributed by atoms with Gasteiger partial charge in [-0.15, -0.1) is 11.8 Å². The molecule has 8 aliphatic carbocycles. The molecule has 4 aliphatic heterocycles. The summed E-state index contributed by atoms with van der Waals surface area (Å²) in [4.78, 5) is 6.20. The average Bonchev–Trinajstić information content (AvgIpc) is 3.95. The minimum atomic E-state index is 0.0584. The molecule has 61 heavy (non-hydrogen) atoms. The number of nitriles is 1. The van der Waals surface area contributed by atoms with Crippen LogP contribution in [0.4, 0.5) is 0 Å². The SMILES string of the molecule is CC1=CC2=C(CC1)N(C1CC(N3C4C=CCCC4C4CCCCC43)C(C#N)CC1C1NC(C3=CCCCC3)NC(C3CCC4SC5CC=CC=C5C4C3)N1)C1CCC(C)CC21. The normalized spacial score (nSPS) is 48.1. The number of nitrogens with one attached hydrogen (secondary N) is 3. The molecule has 0 bridgehead atoms. The van der Waals surface area contributed by atoms with E-state index in [2.05, 4.69) is 100.0 Å². The molecule has 0 radical (unpaired) electrons. The molecule has 328 valence electrons. The molecule has 12 rings (SSSR count). The minimum absolute atomic E-state index is 0.0584. The smallest absolute Gasteiger partial charge is 0.0818 e. The first-order valence-electron chi connectivity index (χ1n) is 26.0. The molecule has 7 heteroatoms. The van der Waals surface area contributed by atoms with E-state index < -0.39 is 0 Å². The van der Waals surface area contributed by atoms with Crippen LogP contribution in [0.2, 0.25) is 0 Å². The maximum atomic E-state index is 11.5. The highest BCUT2D eigenvalue weighted by Crippen LogP contribution is 2.57. The molecule has 18 atom stereocenters. The Morgan fingerprint density at radius 2 is 1.67 bits per heavy atom. The van der Waals surface area contributed by atoms with Gasteiger partial charge in [0.2, 0.25) is 0 Å². The highest BCUT2D eigenvalue weighted by molar-refractivity contribution is 8.01. The van der Waals surface area contributed by atoms with Crippen LogP contribution in [0.25, 0.3) is 0 Å². The van der Waals surface area contributed by atoms with Crippen molar-refractivity contribution in [3.8, 4) is 6.07 Å². The van der Waals surface area contributed by atoms with E-state index in [0.717, 1.165) is 41.8 Å². The molecule has 0 spiro atoms. The zero-order valence-electron chi connectivity index (χ0n) is 37.5. The van der Waals surface area contributed by atoms with Gasteiger partial charge in [-0.05, 0) is 170 Å². The number of rotatable bonds is 5. The molecule has 0 amide bonds. The lowest BCUT2D eigenvalue weighted by Gasteiger charge is -2.56. The highest BCUT2D eigenvalue weighted by atomic mass is 32.2. The summed E-state index contributed by atoms with van der Waals surface area (Å²) in [6.45, 7) is 4.93. The largest absolute Gasteiger partial charge is 0.368 e. The number of allylic oxidation sites excluding steroid dienone is 8. The van der Waals surface area contributed by atoms with Gasteiger partial charge in [0.05, 0.1) is 30.5 Å². The zero-order chi connectivity index (χ0) is 40.8. The third-order valence-electron chi connectivity index (χ3n) is 19.4. The molecule has 0 aromatic rings. The van der Waals surface area contributed by atoms with Crippen LogP contribution in [0.15, 0.2) is 70.5 Å². The second-order valence-corrected chi connectivity index (χ2v) is 24.1. The lowest BCUT2D eigenvalue weighted by Crippen LogP contribution is -2.74. The first-order chi connectivity index (χ1) is 30.0. The lowest BCUT2D eigenvalue weighted by atomic mass is 9.70. The molecule has 3 saturated heterocycles. The Kier molecular flexibility index (Phi) is 11.1. The zero-order valence-corrected chi connectivity index (χ0v) is 38.3. The van der Waals surface area contributed by atoms with E-state index in [1.807, 2.05) is 0 Å². The Morgan fingerprint density at radius 1 is 0.754 bits per heavy atom. The van der Waals surface area contributed by atoms with Crippen molar-refractivity contribution in [1.82, 2.24) is 25.8 Å². The van der Waals surface area contributed by atoms with E-state index in [4.69, 9.17) is 0 Å². The number of hydrogen-bond acceptors (Lipinski definition) is 7. The van der Waals surface area contributed by atoms with Crippen molar-refractivity contribution in [3.05, 3.63) is 70.5 Å². The Balaban J connectivity index is 0.925. The molecule has 4 saturated carbocycles. The van der Waals surface area contributed by atoms with Gasteiger partial charge in [0, 0.05) is 58.2 Å². The van der Waals surface area contributed by atoms with Gasteiger partial charge in [-0.2, -0.15) is 5.26 Å². The van der Waals surface area contributed by atoms with Crippen LogP contribution >= 0.6 is 11.8 Å². The summed E-state index contributed by atoms with van der Waals surface area (Å²) in [6, 6.07) is 5.67. The van der Waals surface area contributed by atoms with Gasteiger partial charge in [-0.25, -0.2) is 0 Å². The van der Waals surface area contributed by atoms with Crippen molar-refractivity contribution in [2.45, 2.75) is 208 Å². The summed E-state index contributed by atoms with van der Waals surface area (Å²) < 4.78 is 0. The summed E-state index contributed by atoms with van der Waals surface area (Å²) in [6.07, 6.45) is 45.2. The maximum absolute atomic E-state index is 11.5. The van der Waals surface area contributed by atoms with Crippen molar-refractivity contribution in [2.75, 3.05) is 0 Å². The van der Waals surface area contributed by atoms with Gasteiger partial charge in [-0.1, -0.05) is 73.4 Å². The first kappa shape index (κ1) is 40.4. The summed E-state index contributed by atoms with van der Waals surface area (Å²) in [7, 11) is 0. The molecular weight excluding hydrogens is 765 g/mol. The fourth-order valence-corrected chi connectivity index (χ4v) is 18.5. The van der Waals surface area contributed by atoms with Crippen molar-refractivity contribution in [2.24, 2.45) is 47.3 Å². The van der Waals surface area contributed by atoms with Crippen LogP contribution in [0.5, 0.6) is 0 Å². The maximum Gasteiger partial charge on any atom is 0.0818 e. The predicted octanol–water partition coefficient (Wildman–Crippen LogP) is 10.6. The molecule has 12 aliphatic rings. The Labute approximate surface area is 373 Å². The molecule has 4 heterocycles. The minimum Gasteiger partial charge on any atom is -0.368 e. The van der Waals surface area contributed by atoms with Crippen LogP contribution in [0.3, 0.4) is 0 Å². The predicted molar refractivity (Wildman–Crippen MR) is 250 cm³/mol. The topological polar surface area (TPSA) is 66.4 Å². The summed E-state index contributed by atoms with van der Waals surface area (Å²) in [5.41, 5.74) is 8.37. The van der Waals surface area contributed by atoms with Crippen LogP contribution in [-0.4, -0.2) is 69.0 Å². The van der Waals surface area contributed by atoms with Crippen molar-refractivity contribution in [3.63, 3.8) is 0 Å². The Hall–Kier alpha value is -2.08. The lowest BCUT2D eigenvalue weighted by molar-refractivity contribution is -0.0297. The van der Waals surface area contributed by atoms with Gasteiger partial charge in [0.1, 0.15) is 0 Å². The molecule has 7 fully saturated rings. The monoisotopic (exact) mass is 841 g/mol. The van der Waals surface area contributed by atoms with Gasteiger partial charge in [0.25, 0.3) is 0 Å². The van der Waals surface area contributed by atoms with Crippen LogP contribution < -0.4 is 16.0 Å². The van der Waals surface area contributed by atoms with E-state index in [9.17, 15) is 5.26 Å². The summed E-state index contributed by atoms with van der Waals surface area (Å²) in [5, 5.41) is 26.2. The number of fused-ring (bicyclic) bond motifs is 8. The molecule has 0 aromatic heterocycles. The number of hydrogen-bond donors (Lipinski definition) is 3. The highest BCUT2D eigenvalue weighted by Gasteiger charge is 2.58. The third-order valence-corrected chi connectivity index (χ3v) is 21.1. The fraction of sp³-hybridized carbons (Fsp3) is 0.759. The van der Waals surface area contributed by atoms with Gasteiger partial charge in [0.15, 0.2) is 0 Å². The van der Waals surface area contributed by atoms with E-state index in [1.54, 1.807) is 28.0 Å². The average molecular weight is 841 g/mol. The third kappa shape index (κ3) is 7.08. The molecule has 3 N–H and O–H groups in total. The number of likely N-dealkylation sites (tertiary alicyclic amines) is 1. The van der Waals surface area contributed by atoms with E-state index in [1.165, 1.54) is 122 Å². The second-order valence-electron chi connectivity index (χ2n) is 22.6. The molecule has 0 aromatic carbocycles. The molecular formula is C54H76N6S. The fourth-order valence-electron chi connectivity index (χ4n) is 16.7.